The average Bonchev–Trinajstić information content (AvgIpc) is 2.62. The first kappa shape index (κ1) is 8.38. The standard InChI is InChI=1S/C6H6N6O2/c7-12-6(14)4-10-2-3(11-4)8-1-9-5(2)13/h1H,7H2,(H,12,14)(H2,8,9,10,11,13). The zero-order chi connectivity index (χ0) is 10.1. The Bertz CT molecular complexity index is 492. The molecule has 1 amide bonds. The van der Waals surface area contributed by atoms with Crippen molar-refractivity contribution in [3.8, 4) is 5.88 Å². The summed E-state index contributed by atoms with van der Waals surface area (Å²) in [7, 11) is 0. The number of fused-ring (bicyclic) bond motifs is 1. The Hall–Kier alpha value is -2.22. The largest absolute Gasteiger partial charge is 0.492 e. The number of carbonyl (C=O) groups is 1. The summed E-state index contributed by atoms with van der Waals surface area (Å²) < 4.78 is 0. The number of carbonyl (C=O) groups excluding carboxylic acids is 1. The highest BCUT2D eigenvalue weighted by molar-refractivity contribution is 5.93. The van der Waals surface area contributed by atoms with Gasteiger partial charge in [0.2, 0.25) is 5.88 Å². The van der Waals surface area contributed by atoms with Gasteiger partial charge in [-0.2, -0.15) is 4.98 Å². The molecule has 8 nitrogen and oxygen atoms in total. The molecule has 2 aromatic heterocycles. The number of nitrogens with zero attached hydrogens (tertiary/aromatic N) is 3. The molecule has 5 N–H and O–H groups in total. The molecule has 0 aliphatic rings. The van der Waals surface area contributed by atoms with Crippen LogP contribution in [0.2, 0.25) is 0 Å². The fraction of sp³-hybridized carbons (Fsp3) is 0. The summed E-state index contributed by atoms with van der Waals surface area (Å²) in [5, 5.41) is 9.25. The summed E-state index contributed by atoms with van der Waals surface area (Å²) in [5.41, 5.74) is 2.30. The number of H-pyrrole nitrogens is 1. The van der Waals surface area contributed by atoms with E-state index in [0.29, 0.717) is 0 Å². The van der Waals surface area contributed by atoms with E-state index in [9.17, 15) is 9.90 Å². The first-order chi connectivity index (χ1) is 6.72. The van der Waals surface area contributed by atoms with Crippen molar-refractivity contribution < 1.29 is 9.90 Å². The topological polar surface area (TPSA) is 130 Å². The van der Waals surface area contributed by atoms with Gasteiger partial charge in [-0.05, 0) is 0 Å². The first-order valence-electron chi connectivity index (χ1n) is 3.63. The van der Waals surface area contributed by atoms with Crippen molar-refractivity contribution in [3.63, 3.8) is 0 Å². The predicted molar refractivity (Wildman–Crippen MR) is 45.0 cm³/mol. The number of nitrogens with two attached hydrogens (primary N) is 1. The average molecular weight is 194 g/mol. The van der Waals surface area contributed by atoms with Crippen molar-refractivity contribution in [3.05, 3.63) is 12.2 Å². The maximum atomic E-state index is 11.0. The van der Waals surface area contributed by atoms with E-state index in [-0.39, 0.29) is 22.9 Å². The SMILES string of the molecule is NNC(=O)c1nc2ncnc(O)c2[nH]1. The van der Waals surface area contributed by atoms with Crippen molar-refractivity contribution in [2.75, 3.05) is 0 Å². The molecule has 0 saturated carbocycles. The molecule has 8 heteroatoms. The number of amides is 1. The highest BCUT2D eigenvalue weighted by atomic mass is 16.3. The molecule has 14 heavy (non-hydrogen) atoms. The van der Waals surface area contributed by atoms with Crippen LogP contribution in [0.3, 0.4) is 0 Å². The molecular weight excluding hydrogens is 188 g/mol. The summed E-state index contributed by atoms with van der Waals surface area (Å²) in [5.74, 6) is 4.02. The van der Waals surface area contributed by atoms with Gasteiger partial charge in [0, 0.05) is 0 Å². The molecule has 0 spiro atoms. The number of hydrogen-bond acceptors (Lipinski definition) is 6. The minimum absolute atomic E-state index is 0.0294. The lowest BCUT2D eigenvalue weighted by Crippen LogP contribution is -2.30. The number of aromatic hydroxyl groups is 1. The molecule has 0 aliphatic heterocycles. The lowest BCUT2D eigenvalue weighted by molar-refractivity contribution is 0.0944. The third-order valence-corrected chi connectivity index (χ3v) is 1.61. The Labute approximate surface area is 77.2 Å². The zero-order valence-electron chi connectivity index (χ0n) is 6.85. The highest BCUT2D eigenvalue weighted by Gasteiger charge is 2.13. The summed E-state index contributed by atoms with van der Waals surface area (Å²) in [6.07, 6.45) is 1.14. The molecule has 0 aliphatic carbocycles. The molecule has 0 saturated heterocycles. The molecule has 2 rings (SSSR count). The molecule has 0 aromatic carbocycles. The maximum absolute atomic E-state index is 11.0. The van der Waals surface area contributed by atoms with Gasteiger partial charge in [0.25, 0.3) is 0 Å². The van der Waals surface area contributed by atoms with E-state index in [1.165, 1.54) is 0 Å². The zero-order valence-corrected chi connectivity index (χ0v) is 6.85. The minimum Gasteiger partial charge on any atom is -0.492 e. The number of hydrazine groups is 1. The van der Waals surface area contributed by atoms with Crippen LogP contribution in [0.4, 0.5) is 0 Å². The van der Waals surface area contributed by atoms with E-state index in [4.69, 9.17) is 5.84 Å². The van der Waals surface area contributed by atoms with Crippen LogP contribution >= 0.6 is 0 Å². The van der Waals surface area contributed by atoms with Crippen molar-refractivity contribution in [1.82, 2.24) is 25.4 Å². The molecule has 0 fully saturated rings. The van der Waals surface area contributed by atoms with Crippen LogP contribution in [0.5, 0.6) is 5.88 Å². The predicted octanol–water partition coefficient (Wildman–Crippen LogP) is -1.34. The van der Waals surface area contributed by atoms with Gasteiger partial charge in [-0.25, -0.2) is 15.8 Å². The summed E-state index contributed by atoms with van der Waals surface area (Å²) in [6.45, 7) is 0. The molecular formula is C6H6N6O2. The van der Waals surface area contributed by atoms with Crippen LogP contribution in [-0.4, -0.2) is 30.9 Å². The number of imidazole rings is 1. The molecule has 2 heterocycles. The van der Waals surface area contributed by atoms with Crippen LogP contribution in [0.25, 0.3) is 11.2 Å². The van der Waals surface area contributed by atoms with Gasteiger partial charge < -0.3 is 10.1 Å². The number of rotatable bonds is 1. The number of aromatic nitrogens is 4. The highest BCUT2D eigenvalue weighted by Crippen LogP contribution is 2.16. The third kappa shape index (κ3) is 1.13. The normalized spacial score (nSPS) is 10.4. The lowest BCUT2D eigenvalue weighted by Gasteiger charge is -1.90. The number of nitrogen functional groups attached to an aromatic ring is 1. The maximum Gasteiger partial charge on any atom is 0.301 e. The van der Waals surface area contributed by atoms with Crippen LogP contribution in [-0.2, 0) is 0 Å². The first-order valence-corrected chi connectivity index (χ1v) is 3.63. The van der Waals surface area contributed by atoms with Gasteiger partial charge in [-0.15, -0.1) is 0 Å². The summed E-state index contributed by atoms with van der Waals surface area (Å²) in [6, 6.07) is 0. The molecule has 2 aromatic rings. The second-order valence-electron chi connectivity index (χ2n) is 2.45. The summed E-state index contributed by atoms with van der Waals surface area (Å²) in [4.78, 5) is 24.6. The Morgan fingerprint density at radius 2 is 2.36 bits per heavy atom. The molecule has 0 bridgehead atoms. The van der Waals surface area contributed by atoms with Gasteiger partial charge in [0.15, 0.2) is 11.5 Å². The Morgan fingerprint density at radius 3 is 3.00 bits per heavy atom. The number of hydrogen-bond donors (Lipinski definition) is 4. The van der Waals surface area contributed by atoms with Crippen LogP contribution < -0.4 is 11.3 Å². The Balaban J connectivity index is 2.62. The summed E-state index contributed by atoms with van der Waals surface area (Å²) >= 11 is 0. The van der Waals surface area contributed by atoms with Gasteiger partial charge >= 0.3 is 5.91 Å². The van der Waals surface area contributed by atoms with E-state index in [1.54, 1.807) is 0 Å². The molecule has 0 unspecified atom stereocenters. The van der Waals surface area contributed by atoms with Crippen LogP contribution in [0.15, 0.2) is 6.33 Å². The van der Waals surface area contributed by atoms with Crippen LogP contribution in [0.1, 0.15) is 10.6 Å². The van der Waals surface area contributed by atoms with E-state index < -0.39 is 5.91 Å². The van der Waals surface area contributed by atoms with Crippen LogP contribution in [0, 0.1) is 0 Å². The lowest BCUT2D eigenvalue weighted by atomic mass is 10.5. The van der Waals surface area contributed by atoms with Gasteiger partial charge in [-0.3, -0.25) is 10.2 Å². The van der Waals surface area contributed by atoms with Crippen molar-refractivity contribution >= 4 is 17.1 Å². The molecule has 0 radical (unpaired) electrons. The third-order valence-electron chi connectivity index (χ3n) is 1.61. The monoisotopic (exact) mass is 194 g/mol. The van der Waals surface area contributed by atoms with Gasteiger partial charge in [0.05, 0.1) is 0 Å². The quantitative estimate of drug-likeness (QED) is 0.252. The van der Waals surface area contributed by atoms with E-state index in [2.05, 4.69) is 19.9 Å². The smallest absolute Gasteiger partial charge is 0.301 e. The number of aromatic amines is 1. The van der Waals surface area contributed by atoms with E-state index >= 15 is 0 Å². The molecule has 0 atom stereocenters. The second-order valence-corrected chi connectivity index (χ2v) is 2.45. The fourth-order valence-electron chi connectivity index (χ4n) is 0.992. The Kier molecular flexibility index (Phi) is 1.75. The van der Waals surface area contributed by atoms with E-state index in [0.717, 1.165) is 6.33 Å². The second kappa shape index (κ2) is 2.92. The van der Waals surface area contributed by atoms with Gasteiger partial charge in [0.1, 0.15) is 11.8 Å². The van der Waals surface area contributed by atoms with Crippen molar-refractivity contribution in [1.29, 1.82) is 0 Å². The van der Waals surface area contributed by atoms with Gasteiger partial charge in [-0.1, -0.05) is 0 Å². The molecule has 72 valence electrons. The van der Waals surface area contributed by atoms with Crippen molar-refractivity contribution in [2.45, 2.75) is 0 Å². The fourth-order valence-corrected chi connectivity index (χ4v) is 0.992. The number of nitrogens with one attached hydrogen (secondary N) is 2. The van der Waals surface area contributed by atoms with E-state index in [1.807, 2.05) is 5.43 Å². The Morgan fingerprint density at radius 1 is 1.57 bits per heavy atom. The minimum atomic E-state index is -0.595. The van der Waals surface area contributed by atoms with Crippen molar-refractivity contribution in [2.24, 2.45) is 5.84 Å².